The third kappa shape index (κ3) is 9.06. The molecule has 0 aliphatic carbocycles. The number of amides is 1. The number of thioether (sulfide) groups is 1. The maximum absolute atomic E-state index is 14.0. The minimum absolute atomic E-state index is 0.0378. The van der Waals surface area contributed by atoms with Gasteiger partial charge in [-0.05, 0) is 63.1 Å². The molecule has 34 heavy (non-hydrogen) atoms. The zero-order valence-electron chi connectivity index (χ0n) is 20.0. The molecule has 0 spiro atoms. The molecule has 186 valence electrons. The summed E-state index contributed by atoms with van der Waals surface area (Å²) in [7, 11) is 0. The summed E-state index contributed by atoms with van der Waals surface area (Å²) in [6.07, 6.45) is 5.35. The number of carbonyl (C=O) groups excluding carboxylic acids is 1. The quantitative estimate of drug-likeness (QED) is 0.222. The van der Waals surface area contributed by atoms with Crippen LogP contribution in [0.3, 0.4) is 0 Å². The van der Waals surface area contributed by atoms with Crippen LogP contribution in [0.4, 0.5) is 14.5 Å². The molecule has 0 fully saturated rings. The van der Waals surface area contributed by atoms with Crippen LogP contribution in [0, 0.1) is 11.6 Å². The number of hydrogen-bond acceptors (Lipinski definition) is 4. The van der Waals surface area contributed by atoms with E-state index in [1.807, 2.05) is 24.3 Å². The number of unbranched alkanes of at least 4 members (excludes halogenated alkanes) is 3. The van der Waals surface area contributed by atoms with Crippen LogP contribution in [0.25, 0.3) is 0 Å². The van der Waals surface area contributed by atoms with Gasteiger partial charge in [-0.2, -0.15) is 0 Å². The number of hydrogen-bond donors (Lipinski definition) is 3. The van der Waals surface area contributed by atoms with E-state index in [1.54, 1.807) is 13.8 Å². The lowest BCUT2D eigenvalue weighted by atomic mass is 10.1. The van der Waals surface area contributed by atoms with Crippen LogP contribution in [-0.4, -0.2) is 34.3 Å². The van der Waals surface area contributed by atoms with E-state index in [0.717, 1.165) is 48.3 Å². The second-order valence-electron chi connectivity index (χ2n) is 8.78. The number of aliphatic carboxylic acids is 1. The molecule has 8 heteroatoms. The summed E-state index contributed by atoms with van der Waals surface area (Å²) >= 11 is 1.29. The van der Waals surface area contributed by atoms with Gasteiger partial charge in [0.1, 0.15) is 16.4 Å². The Hall–Kier alpha value is -2.45. The van der Waals surface area contributed by atoms with Gasteiger partial charge in [-0.25, -0.2) is 8.78 Å². The number of anilines is 1. The molecule has 2 aromatic carbocycles. The fourth-order valence-corrected chi connectivity index (χ4v) is 4.31. The Morgan fingerprint density at radius 2 is 1.76 bits per heavy atom. The first-order valence-electron chi connectivity index (χ1n) is 11.6. The van der Waals surface area contributed by atoms with Crippen molar-refractivity contribution >= 4 is 29.3 Å². The summed E-state index contributed by atoms with van der Waals surface area (Å²) in [6.45, 7) is 6.00. The Balaban J connectivity index is 1.94. The molecule has 0 saturated heterocycles. The predicted octanol–water partition coefficient (Wildman–Crippen LogP) is 6.03. The Bertz CT molecular complexity index is 952. The largest absolute Gasteiger partial charge is 0.480 e. The predicted molar refractivity (Wildman–Crippen MR) is 133 cm³/mol. The van der Waals surface area contributed by atoms with Crippen molar-refractivity contribution in [2.75, 3.05) is 11.9 Å². The van der Waals surface area contributed by atoms with E-state index in [2.05, 4.69) is 17.6 Å². The maximum atomic E-state index is 14.0. The van der Waals surface area contributed by atoms with Crippen LogP contribution in [-0.2, 0) is 16.0 Å². The van der Waals surface area contributed by atoms with Crippen molar-refractivity contribution in [3.8, 4) is 0 Å². The summed E-state index contributed by atoms with van der Waals surface area (Å²) in [5.74, 6) is -2.71. The van der Waals surface area contributed by atoms with Gasteiger partial charge in [0.05, 0.1) is 11.7 Å². The fourth-order valence-electron chi connectivity index (χ4n) is 3.36. The monoisotopic (exact) mass is 492 g/mol. The van der Waals surface area contributed by atoms with Gasteiger partial charge in [-0.15, -0.1) is 11.8 Å². The van der Waals surface area contributed by atoms with Crippen LogP contribution >= 0.6 is 11.8 Å². The molecule has 0 aromatic heterocycles. The lowest BCUT2D eigenvalue weighted by Crippen LogP contribution is -2.41. The second-order valence-corrected chi connectivity index (χ2v) is 10.5. The molecule has 0 aliphatic rings. The van der Waals surface area contributed by atoms with Gasteiger partial charge in [0.15, 0.2) is 0 Å². The van der Waals surface area contributed by atoms with Gasteiger partial charge in [0, 0.05) is 11.0 Å². The molecule has 1 amide bonds. The molecule has 0 aliphatic heterocycles. The highest BCUT2D eigenvalue weighted by atomic mass is 32.2. The minimum atomic E-state index is -0.911. The minimum Gasteiger partial charge on any atom is -0.480 e. The van der Waals surface area contributed by atoms with Crippen LogP contribution in [0.1, 0.15) is 58.4 Å². The van der Waals surface area contributed by atoms with E-state index in [9.17, 15) is 23.5 Å². The highest BCUT2D eigenvalue weighted by molar-refractivity contribution is 8.01. The van der Waals surface area contributed by atoms with Crippen LogP contribution in [0.2, 0.25) is 0 Å². The fraction of sp³-hybridized carbons (Fsp3) is 0.462. The van der Waals surface area contributed by atoms with Gasteiger partial charge in [-0.3, -0.25) is 9.59 Å². The first-order chi connectivity index (χ1) is 16.1. The molecular formula is C26H34F2N2O3S. The van der Waals surface area contributed by atoms with Crippen molar-refractivity contribution in [1.82, 2.24) is 5.32 Å². The van der Waals surface area contributed by atoms with E-state index >= 15 is 0 Å². The van der Waals surface area contributed by atoms with Crippen LogP contribution in [0.15, 0.2) is 47.4 Å². The van der Waals surface area contributed by atoms with Crippen molar-refractivity contribution in [3.05, 3.63) is 59.7 Å². The number of carboxylic acids is 1. The van der Waals surface area contributed by atoms with Crippen molar-refractivity contribution in [1.29, 1.82) is 0 Å². The molecule has 3 N–H and O–H groups in total. The molecule has 2 aromatic rings. The molecule has 0 saturated carbocycles. The Labute approximate surface area is 204 Å². The average molecular weight is 493 g/mol. The first-order valence-corrected chi connectivity index (χ1v) is 12.4. The Kier molecular flexibility index (Phi) is 11.0. The van der Waals surface area contributed by atoms with Gasteiger partial charge in [0.2, 0.25) is 5.91 Å². The molecule has 5 nitrogen and oxygen atoms in total. The van der Waals surface area contributed by atoms with E-state index in [-0.39, 0.29) is 11.6 Å². The average Bonchev–Trinajstić information content (AvgIpc) is 2.78. The Morgan fingerprint density at radius 3 is 2.38 bits per heavy atom. The van der Waals surface area contributed by atoms with E-state index in [4.69, 9.17) is 0 Å². The first kappa shape index (κ1) is 27.8. The lowest BCUT2D eigenvalue weighted by molar-refractivity contribution is -0.138. The number of halogens is 2. The van der Waals surface area contributed by atoms with Crippen LogP contribution < -0.4 is 10.6 Å². The summed E-state index contributed by atoms with van der Waals surface area (Å²) in [5.41, 5.74) is 1.02. The van der Waals surface area contributed by atoms with E-state index < -0.39 is 28.4 Å². The number of nitrogens with one attached hydrogen (secondary N) is 2. The topological polar surface area (TPSA) is 78.4 Å². The smallest absolute Gasteiger partial charge is 0.319 e. The summed E-state index contributed by atoms with van der Waals surface area (Å²) < 4.78 is 26.2. The van der Waals surface area contributed by atoms with Gasteiger partial charge < -0.3 is 15.7 Å². The lowest BCUT2D eigenvalue weighted by Gasteiger charge is -2.19. The Morgan fingerprint density at radius 1 is 1.06 bits per heavy atom. The number of benzene rings is 2. The molecular weight excluding hydrogens is 458 g/mol. The van der Waals surface area contributed by atoms with Crippen molar-refractivity contribution in [2.24, 2.45) is 0 Å². The highest BCUT2D eigenvalue weighted by Crippen LogP contribution is 2.32. The molecule has 0 heterocycles. The van der Waals surface area contributed by atoms with Gasteiger partial charge in [-0.1, -0.05) is 44.7 Å². The van der Waals surface area contributed by atoms with Crippen LogP contribution in [0.5, 0.6) is 0 Å². The number of rotatable bonds is 14. The van der Waals surface area contributed by atoms with E-state index in [0.29, 0.717) is 19.4 Å². The molecule has 1 atom stereocenters. The number of carboxylic acid groups (broad SMARTS) is 1. The standard InChI is InChI=1S/C26H34F2N2O3S/c1-4-5-6-7-8-23(24(31)30-22-14-11-19(27)17-21(22)28)29-16-15-18-9-12-20(13-10-18)34-26(2,3)25(32)33/h9-14,17,23,29H,4-8,15-16H2,1-3H3,(H,30,31)(H,32,33). The van der Waals surface area contributed by atoms with Gasteiger partial charge >= 0.3 is 5.97 Å². The third-order valence-electron chi connectivity index (χ3n) is 5.47. The summed E-state index contributed by atoms with van der Waals surface area (Å²) in [5, 5.41) is 15.1. The third-order valence-corrected chi connectivity index (χ3v) is 6.66. The second kappa shape index (κ2) is 13.4. The zero-order valence-corrected chi connectivity index (χ0v) is 20.8. The van der Waals surface area contributed by atoms with Crippen molar-refractivity contribution in [3.63, 3.8) is 0 Å². The maximum Gasteiger partial charge on any atom is 0.319 e. The van der Waals surface area contributed by atoms with Crippen molar-refractivity contribution < 1.29 is 23.5 Å². The zero-order chi connectivity index (χ0) is 25.1. The van der Waals surface area contributed by atoms with Gasteiger partial charge in [0.25, 0.3) is 0 Å². The molecule has 0 bridgehead atoms. The van der Waals surface area contributed by atoms with E-state index in [1.165, 1.54) is 17.8 Å². The molecule has 2 rings (SSSR count). The van der Waals surface area contributed by atoms with Crippen molar-refractivity contribution in [2.45, 2.75) is 75.0 Å². The SMILES string of the molecule is CCCCCCC(NCCc1ccc(SC(C)(C)C(=O)O)cc1)C(=O)Nc1ccc(F)cc1F. The molecule has 0 radical (unpaired) electrons. The molecule has 1 unspecified atom stereocenters. The highest BCUT2D eigenvalue weighted by Gasteiger charge is 2.28. The summed E-state index contributed by atoms with van der Waals surface area (Å²) in [4.78, 5) is 25.0. The summed E-state index contributed by atoms with van der Waals surface area (Å²) in [6, 6.07) is 10.3. The normalized spacial score (nSPS) is 12.4. The number of carbonyl (C=O) groups is 2.